The average Bonchev–Trinajstić information content (AvgIpc) is 3.19. The van der Waals surface area contributed by atoms with Crippen LogP contribution >= 0.6 is 11.3 Å². The maximum atomic E-state index is 12.7. The highest BCUT2D eigenvalue weighted by molar-refractivity contribution is 7.09. The number of guanidine groups is 1. The average molecular weight is 432 g/mol. The highest BCUT2D eigenvalue weighted by Gasteiger charge is 2.33. The van der Waals surface area contributed by atoms with Crippen LogP contribution in [0.2, 0.25) is 0 Å². The lowest BCUT2D eigenvalue weighted by Gasteiger charge is -2.15. The molecule has 160 valence electrons. The Morgan fingerprint density at radius 2 is 1.76 bits per heavy atom. The predicted molar refractivity (Wildman–Crippen MR) is 105 cm³/mol. The number of nitrogens with one attached hydrogen (secondary N) is 2. The fourth-order valence-corrected chi connectivity index (χ4v) is 3.16. The standard InChI is InChI=1S/C18H23F3N4O3S/c1-5-22-17(24-9-16-25-15(10-29-16)18(19,20)21)23-8-12-13(27-3)6-11(26-2)7-14(12)28-4/h6-7,10H,5,8-9H2,1-4H3,(H2,22,23,24). The van der Waals surface area contributed by atoms with Gasteiger partial charge in [0.2, 0.25) is 0 Å². The molecule has 7 nitrogen and oxygen atoms in total. The van der Waals surface area contributed by atoms with Gasteiger partial charge in [0, 0.05) is 24.1 Å². The Kier molecular flexibility index (Phi) is 7.94. The van der Waals surface area contributed by atoms with Crippen LogP contribution in [0.1, 0.15) is 23.2 Å². The quantitative estimate of drug-likeness (QED) is 0.492. The Balaban J connectivity index is 2.16. The molecular weight excluding hydrogens is 409 g/mol. The molecule has 2 N–H and O–H groups in total. The van der Waals surface area contributed by atoms with Crippen molar-refractivity contribution in [2.75, 3.05) is 27.9 Å². The first kappa shape index (κ1) is 22.6. The SMILES string of the molecule is CCNC(=NCc1c(OC)cc(OC)cc1OC)NCc1nc(C(F)(F)F)cs1. The van der Waals surface area contributed by atoms with Crippen molar-refractivity contribution in [2.45, 2.75) is 26.2 Å². The highest BCUT2D eigenvalue weighted by Crippen LogP contribution is 2.34. The van der Waals surface area contributed by atoms with Crippen LogP contribution in [-0.2, 0) is 19.3 Å². The second kappa shape index (κ2) is 10.2. The Morgan fingerprint density at radius 1 is 1.10 bits per heavy atom. The molecular formula is C18H23F3N4O3S. The van der Waals surface area contributed by atoms with Crippen LogP contribution in [0.15, 0.2) is 22.5 Å². The van der Waals surface area contributed by atoms with Crippen molar-refractivity contribution in [2.24, 2.45) is 4.99 Å². The minimum atomic E-state index is -4.45. The zero-order valence-corrected chi connectivity index (χ0v) is 17.3. The Hall–Kier alpha value is -2.69. The van der Waals surface area contributed by atoms with E-state index in [2.05, 4.69) is 20.6 Å². The van der Waals surface area contributed by atoms with E-state index in [1.54, 1.807) is 19.2 Å². The molecule has 0 atom stereocenters. The second-order valence-corrected chi connectivity index (χ2v) is 6.63. The van der Waals surface area contributed by atoms with Gasteiger partial charge in [-0.1, -0.05) is 0 Å². The monoisotopic (exact) mass is 432 g/mol. The summed E-state index contributed by atoms with van der Waals surface area (Å²) in [5.74, 6) is 2.11. The molecule has 0 unspecified atom stereocenters. The van der Waals surface area contributed by atoms with E-state index in [1.807, 2.05) is 6.92 Å². The van der Waals surface area contributed by atoms with Gasteiger partial charge in [0.1, 0.15) is 22.3 Å². The van der Waals surface area contributed by atoms with Crippen molar-refractivity contribution in [3.05, 3.63) is 33.8 Å². The molecule has 0 aliphatic carbocycles. The van der Waals surface area contributed by atoms with Gasteiger partial charge in [0.05, 0.1) is 40.0 Å². The molecule has 1 aromatic carbocycles. The fourth-order valence-electron chi connectivity index (χ4n) is 2.42. The van der Waals surface area contributed by atoms with E-state index < -0.39 is 11.9 Å². The molecule has 2 aromatic rings. The predicted octanol–water partition coefficient (Wildman–Crippen LogP) is 3.44. The first-order chi connectivity index (χ1) is 13.8. The molecule has 2 rings (SSSR count). The zero-order chi connectivity index (χ0) is 21.4. The largest absolute Gasteiger partial charge is 0.496 e. The van der Waals surface area contributed by atoms with Crippen molar-refractivity contribution in [1.29, 1.82) is 0 Å². The van der Waals surface area contributed by atoms with Gasteiger partial charge >= 0.3 is 6.18 Å². The number of rotatable bonds is 8. The van der Waals surface area contributed by atoms with Crippen molar-refractivity contribution in [3.8, 4) is 17.2 Å². The molecule has 29 heavy (non-hydrogen) atoms. The smallest absolute Gasteiger partial charge is 0.434 e. The molecule has 0 saturated carbocycles. The number of hydrogen-bond donors (Lipinski definition) is 2. The van der Waals surface area contributed by atoms with Crippen LogP contribution in [0.25, 0.3) is 0 Å². The van der Waals surface area contributed by atoms with Crippen LogP contribution < -0.4 is 24.8 Å². The first-order valence-electron chi connectivity index (χ1n) is 8.65. The maximum Gasteiger partial charge on any atom is 0.434 e. The van der Waals surface area contributed by atoms with E-state index in [-0.39, 0.29) is 13.1 Å². The number of alkyl halides is 3. The summed E-state index contributed by atoms with van der Waals surface area (Å²) < 4.78 is 54.1. The van der Waals surface area contributed by atoms with Crippen LogP contribution in [0.4, 0.5) is 13.2 Å². The van der Waals surface area contributed by atoms with E-state index >= 15 is 0 Å². The Morgan fingerprint density at radius 3 is 2.24 bits per heavy atom. The van der Waals surface area contributed by atoms with Crippen molar-refractivity contribution < 1.29 is 27.4 Å². The Labute approximate surface area is 170 Å². The number of halogens is 3. The number of nitrogens with zero attached hydrogens (tertiary/aromatic N) is 2. The number of aliphatic imine (C=N–C) groups is 1. The number of benzene rings is 1. The summed E-state index contributed by atoms with van der Waals surface area (Å²) in [7, 11) is 4.61. The molecule has 1 aromatic heterocycles. The summed E-state index contributed by atoms with van der Waals surface area (Å²) in [4.78, 5) is 8.08. The van der Waals surface area contributed by atoms with E-state index in [9.17, 15) is 13.2 Å². The lowest BCUT2D eigenvalue weighted by atomic mass is 10.1. The molecule has 0 aliphatic heterocycles. The third-order valence-corrected chi connectivity index (χ3v) is 4.65. The first-order valence-corrected chi connectivity index (χ1v) is 9.53. The van der Waals surface area contributed by atoms with E-state index in [1.165, 1.54) is 14.2 Å². The van der Waals surface area contributed by atoms with Crippen LogP contribution in [0, 0.1) is 0 Å². The molecule has 11 heteroatoms. The lowest BCUT2D eigenvalue weighted by Crippen LogP contribution is -2.36. The minimum Gasteiger partial charge on any atom is -0.496 e. The van der Waals surface area contributed by atoms with Crippen molar-refractivity contribution in [1.82, 2.24) is 15.6 Å². The summed E-state index contributed by atoms with van der Waals surface area (Å²) in [5, 5.41) is 7.33. The summed E-state index contributed by atoms with van der Waals surface area (Å²) >= 11 is 0.937. The molecule has 0 aliphatic rings. The van der Waals surface area contributed by atoms with E-state index in [4.69, 9.17) is 14.2 Å². The summed E-state index contributed by atoms with van der Waals surface area (Å²) in [6.45, 7) is 2.80. The molecule has 0 spiro atoms. The van der Waals surface area contributed by atoms with Gasteiger partial charge in [-0.15, -0.1) is 11.3 Å². The van der Waals surface area contributed by atoms with Crippen molar-refractivity contribution >= 4 is 17.3 Å². The minimum absolute atomic E-state index is 0.115. The molecule has 0 bridgehead atoms. The van der Waals surface area contributed by atoms with Gasteiger partial charge in [-0.25, -0.2) is 9.98 Å². The number of aromatic nitrogens is 1. The molecule has 1 heterocycles. The Bertz CT molecular complexity index is 815. The molecule has 0 saturated heterocycles. The topological polar surface area (TPSA) is 77.0 Å². The molecule has 0 amide bonds. The van der Waals surface area contributed by atoms with Gasteiger partial charge in [-0.2, -0.15) is 13.2 Å². The summed E-state index contributed by atoms with van der Waals surface area (Å²) in [6.07, 6.45) is -4.45. The van der Waals surface area contributed by atoms with E-state index in [0.29, 0.717) is 40.3 Å². The third kappa shape index (κ3) is 6.14. The number of thiazole rings is 1. The summed E-state index contributed by atoms with van der Waals surface area (Å²) in [5.41, 5.74) is -0.185. The van der Waals surface area contributed by atoms with Crippen LogP contribution in [0.5, 0.6) is 17.2 Å². The number of methoxy groups -OCH3 is 3. The second-order valence-electron chi connectivity index (χ2n) is 5.68. The van der Waals surface area contributed by atoms with Gasteiger partial charge < -0.3 is 24.8 Å². The lowest BCUT2D eigenvalue weighted by molar-refractivity contribution is -0.140. The fraction of sp³-hybridized carbons (Fsp3) is 0.444. The number of hydrogen-bond acceptors (Lipinski definition) is 6. The van der Waals surface area contributed by atoms with Gasteiger partial charge in [-0.3, -0.25) is 0 Å². The highest BCUT2D eigenvalue weighted by atomic mass is 32.1. The molecule has 0 fully saturated rings. The zero-order valence-electron chi connectivity index (χ0n) is 16.5. The molecule has 0 radical (unpaired) electrons. The number of ether oxygens (including phenoxy) is 3. The van der Waals surface area contributed by atoms with Gasteiger partial charge in [0.15, 0.2) is 11.7 Å². The normalized spacial score (nSPS) is 11.9. The van der Waals surface area contributed by atoms with E-state index in [0.717, 1.165) is 16.7 Å². The van der Waals surface area contributed by atoms with Crippen molar-refractivity contribution in [3.63, 3.8) is 0 Å². The maximum absolute atomic E-state index is 12.7. The summed E-state index contributed by atoms with van der Waals surface area (Å²) in [6, 6.07) is 3.45. The third-order valence-electron chi connectivity index (χ3n) is 3.81. The van der Waals surface area contributed by atoms with Crippen LogP contribution in [-0.4, -0.2) is 38.8 Å². The van der Waals surface area contributed by atoms with Gasteiger partial charge in [-0.05, 0) is 6.92 Å². The van der Waals surface area contributed by atoms with Gasteiger partial charge in [0.25, 0.3) is 0 Å². The van der Waals surface area contributed by atoms with Crippen LogP contribution in [0.3, 0.4) is 0 Å².